The van der Waals surface area contributed by atoms with Gasteiger partial charge in [0.15, 0.2) is 0 Å². The molecule has 3 aromatic rings. The highest BCUT2D eigenvalue weighted by Crippen LogP contribution is 2.39. The van der Waals surface area contributed by atoms with Crippen LogP contribution in [0.25, 0.3) is 16.8 Å². The molecular weight excluding hydrogens is 406 g/mol. The van der Waals surface area contributed by atoms with E-state index >= 15 is 0 Å². The van der Waals surface area contributed by atoms with Gasteiger partial charge in [0.1, 0.15) is 11.6 Å². The van der Waals surface area contributed by atoms with Crippen LogP contribution in [-0.4, -0.2) is 58.2 Å². The fourth-order valence-corrected chi connectivity index (χ4v) is 4.89. The number of nitrogens with one attached hydrogen (secondary N) is 1. The molecule has 0 saturated heterocycles. The SMILES string of the molecule is COc1cc(-c2nc(C3CCC(CN(C)C)CC3)n3ccnc(C)c23)ccc1NC(=O)O. The third-order valence-corrected chi connectivity index (χ3v) is 6.32. The van der Waals surface area contributed by atoms with Gasteiger partial charge in [-0.1, -0.05) is 6.07 Å². The van der Waals surface area contributed by atoms with E-state index in [1.807, 2.05) is 31.5 Å². The van der Waals surface area contributed by atoms with Gasteiger partial charge >= 0.3 is 6.09 Å². The lowest BCUT2D eigenvalue weighted by atomic mass is 9.81. The third kappa shape index (κ3) is 4.41. The number of ether oxygens (including phenoxy) is 1. The van der Waals surface area contributed by atoms with E-state index in [0.29, 0.717) is 17.4 Å². The van der Waals surface area contributed by atoms with Crippen molar-refractivity contribution in [2.75, 3.05) is 33.1 Å². The minimum atomic E-state index is -1.13. The average Bonchev–Trinajstić information content (AvgIpc) is 3.15. The standard InChI is InChI=1S/C24H31N5O3/c1-15-22-21(18-9-10-19(26-24(30)31)20(13-18)32-4)27-23(29(22)12-11-25-15)17-7-5-16(6-8-17)14-28(2)3/h9-13,16-17,26H,5-8,14H2,1-4H3,(H,30,31). The molecule has 0 radical (unpaired) electrons. The molecule has 0 spiro atoms. The molecule has 1 aliphatic carbocycles. The fraction of sp³-hybridized carbons (Fsp3) is 0.458. The predicted octanol–water partition coefficient (Wildman–Crippen LogP) is 4.64. The lowest BCUT2D eigenvalue weighted by molar-refractivity contribution is 0.209. The van der Waals surface area contributed by atoms with Crippen LogP contribution in [0.2, 0.25) is 0 Å². The summed E-state index contributed by atoms with van der Waals surface area (Å²) >= 11 is 0. The number of benzene rings is 1. The van der Waals surface area contributed by atoms with E-state index in [4.69, 9.17) is 14.8 Å². The Labute approximate surface area is 188 Å². The number of hydrogen-bond acceptors (Lipinski definition) is 5. The van der Waals surface area contributed by atoms with E-state index in [1.54, 1.807) is 6.07 Å². The van der Waals surface area contributed by atoms with Crippen molar-refractivity contribution >= 4 is 17.3 Å². The average molecular weight is 438 g/mol. The number of carboxylic acid groups (broad SMARTS) is 1. The highest BCUT2D eigenvalue weighted by atomic mass is 16.5. The van der Waals surface area contributed by atoms with E-state index in [1.165, 1.54) is 20.0 Å². The van der Waals surface area contributed by atoms with Gasteiger partial charge in [-0.05, 0) is 64.8 Å². The van der Waals surface area contributed by atoms with Crippen molar-refractivity contribution in [1.82, 2.24) is 19.3 Å². The van der Waals surface area contributed by atoms with Crippen LogP contribution in [0.4, 0.5) is 10.5 Å². The Morgan fingerprint density at radius 1 is 1.28 bits per heavy atom. The minimum absolute atomic E-state index is 0.404. The van der Waals surface area contributed by atoms with E-state index in [9.17, 15) is 4.79 Å². The molecule has 1 amide bonds. The first kappa shape index (κ1) is 22.1. The van der Waals surface area contributed by atoms with Crippen molar-refractivity contribution in [1.29, 1.82) is 0 Å². The first-order valence-corrected chi connectivity index (χ1v) is 11.0. The number of anilines is 1. The summed E-state index contributed by atoms with van der Waals surface area (Å²) in [5.41, 5.74) is 4.02. The van der Waals surface area contributed by atoms with E-state index < -0.39 is 6.09 Å². The van der Waals surface area contributed by atoms with Gasteiger partial charge in [-0.2, -0.15) is 0 Å². The van der Waals surface area contributed by atoms with Crippen molar-refractivity contribution in [2.45, 2.75) is 38.5 Å². The number of aryl methyl sites for hydroxylation is 1. The summed E-state index contributed by atoms with van der Waals surface area (Å²) in [5.74, 6) is 2.69. The zero-order valence-electron chi connectivity index (χ0n) is 19.1. The number of imidazole rings is 1. The highest BCUT2D eigenvalue weighted by molar-refractivity contribution is 5.88. The topological polar surface area (TPSA) is 92.0 Å². The number of aromatic nitrogens is 3. The van der Waals surface area contributed by atoms with Crippen molar-refractivity contribution < 1.29 is 14.6 Å². The molecule has 2 aromatic heterocycles. The summed E-state index contributed by atoms with van der Waals surface area (Å²) in [6.07, 6.45) is 7.37. The monoisotopic (exact) mass is 437 g/mol. The Balaban J connectivity index is 1.72. The van der Waals surface area contributed by atoms with E-state index in [-0.39, 0.29) is 0 Å². The molecule has 0 bridgehead atoms. The predicted molar refractivity (Wildman–Crippen MR) is 125 cm³/mol. The van der Waals surface area contributed by atoms with Crippen LogP contribution in [-0.2, 0) is 0 Å². The second-order valence-corrected chi connectivity index (χ2v) is 8.87. The summed E-state index contributed by atoms with van der Waals surface area (Å²) in [7, 11) is 5.81. The first-order valence-electron chi connectivity index (χ1n) is 11.0. The second-order valence-electron chi connectivity index (χ2n) is 8.87. The smallest absolute Gasteiger partial charge is 0.409 e. The Morgan fingerprint density at radius 2 is 2.03 bits per heavy atom. The zero-order chi connectivity index (χ0) is 22.8. The Hall–Kier alpha value is -3.13. The molecule has 0 unspecified atom stereocenters. The number of rotatable bonds is 6. The number of hydrogen-bond donors (Lipinski definition) is 2. The second kappa shape index (κ2) is 9.16. The Kier molecular flexibility index (Phi) is 6.32. The molecule has 4 rings (SSSR count). The quantitative estimate of drug-likeness (QED) is 0.584. The molecule has 170 valence electrons. The van der Waals surface area contributed by atoms with Gasteiger partial charge in [-0.15, -0.1) is 0 Å². The maximum absolute atomic E-state index is 11.1. The Morgan fingerprint density at radius 3 is 2.69 bits per heavy atom. The molecule has 2 heterocycles. The molecule has 8 nitrogen and oxygen atoms in total. The fourth-order valence-electron chi connectivity index (χ4n) is 4.89. The summed E-state index contributed by atoms with van der Waals surface area (Å²) < 4.78 is 7.62. The maximum atomic E-state index is 11.1. The van der Waals surface area contributed by atoms with Crippen LogP contribution in [0.5, 0.6) is 5.75 Å². The van der Waals surface area contributed by atoms with Gasteiger partial charge in [0, 0.05) is 30.4 Å². The van der Waals surface area contributed by atoms with Crippen LogP contribution in [0, 0.1) is 12.8 Å². The normalized spacial score (nSPS) is 18.8. The van der Waals surface area contributed by atoms with Crippen molar-refractivity contribution in [3.8, 4) is 17.0 Å². The molecule has 8 heteroatoms. The molecule has 0 atom stereocenters. The molecule has 1 aliphatic rings. The molecule has 1 aromatic carbocycles. The molecule has 2 N–H and O–H groups in total. The highest BCUT2D eigenvalue weighted by Gasteiger charge is 2.27. The van der Waals surface area contributed by atoms with Crippen LogP contribution in [0.1, 0.15) is 43.1 Å². The number of amides is 1. The van der Waals surface area contributed by atoms with Crippen molar-refractivity contribution in [3.05, 3.63) is 42.1 Å². The lowest BCUT2D eigenvalue weighted by Gasteiger charge is -2.29. The largest absolute Gasteiger partial charge is 0.495 e. The number of fused-ring (bicyclic) bond motifs is 1. The zero-order valence-corrected chi connectivity index (χ0v) is 19.1. The first-order chi connectivity index (χ1) is 15.4. The van der Waals surface area contributed by atoms with Crippen LogP contribution >= 0.6 is 0 Å². The summed E-state index contributed by atoms with van der Waals surface area (Å²) in [5, 5.41) is 11.4. The summed E-state index contributed by atoms with van der Waals surface area (Å²) in [4.78, 5) is 23.0. The number of nitrogens with zero attached hydrogens (tertiary/aromatic N) is 4. The molecule has 1 fully saturated rings. The van der Waals surface area contributed by atoms with Gasteiger partial charge < -0.3 is 14.7 Å². The van der Waals surface area contributed by atoms with Gasteiger partial charge in [-0.3, -0.25) is 14.7 Å². The molecule has 1 saturated carbocycles. The molecule has 0 aliphatic heterocycles. The number of carbonyl (C=O) groups is 1. The van der Waals surface area contributed by atoms with E-state index in [0.717, 1.165) is 53.6 Å². The van der Waals surface area contributed by atoms with E-state index in [2.05, 4.69) is 33.7 Å². The van der Waals surface area contributed by atoms with Gasteiger partial charge in [0.05, 0.1) is 29.7 Å². The molecule has 32 heavy (non-hydrogen) atoms. The van der Waals surface area contributed by atoms with Crippen LogP contribution < -0.4 is 10.1 Å². The summed E-state index contributed by atoms with van der Waals surface area (Å²) in [6, 6.07) is 5.42. The summed E-state index contributed by atoms with van der Waals surface area (Å²) in [6.45, 7) is 3.13. The van der Waals surface area contributed by atoms with Crippen LogP contribution in [0.15, 0.2) is 30.6 Å². The molecular formula is C24H31N5O3. The third-order valence-electron chi connectivity index (χ3n) is 6.32. The Bertz CT molecular complexity index is 1120. The van der Waals surface area contributed by atoms with Crippen molar-refractivity contribution in [2.24, 2.45) is 5.92 Å². The van der Waals surface area contributed by atoms with Crippen molar-refractivity contribution in [3.63, 3.8) is 0 Å². The maximum Gasteiger partial charge on any atom is 0.409 e. The lowest BCUT2D eigenvalue weighted by Crippen LogP contribution is -2.25. The van der Waals surface area contributed by atoms with Gasteiger partial charge in [0.25, 0.3) is 0 Å². The van der Waals surface area contributed by atoms with Crippen LogP contribution in [0.3, 0.4) is 0 Å². The number of methoxy groups -OCH3 is 1. The van der Waals surface area contributed by atoms with Gasteiger partial charge in [0.2, 0.25) is 0 Å². The van der Waals surface area contributed by atoms with Gasteiger partial charge in [-0.25, -0.2) is 9.78 Å². The minimum Gasteiger partial charge on any atom is -0.495 e.